The number of Topliss-reactive ketones (excluding diaryl/α,β-unsaturated/α-hetero) is 1. The molecule has 4 heterocycles. The lowest BCUT2D eigenvalue weighted by Crippen LogP contribution is -2.61. The van der Waals surface area contributed by atoms with Gasteiger partial charge in [-0.15, -0.1) is 0 Å². The largest absolute Gasteiger partial charge is 0.485 e. The molecule has 4 saturated heterocycles. The summed E-state index contributed by atoms with van der Waals surface area (Å²) in [6.07, 6.45) is 1.39. The van der Waals surface area contributed by atoms with Crippen LogP contribution in [0.15, 0.2) is 18.2 Å². The summed E-state index contributed by atoms with van der Waals surface area (Å²) in [6, 6.07) is 5.92. The summed E-state index contributed by atoms with van der Waals surface area (Å²) in [4.78, 5) is 30.5. The fourth-order valence-corrected chi connectivity index (χ4v) is 5.22. The standard InChI is InChI=1S/C22H28ClN3O4/c1-14-8-25(9-14)18-3-2-4-20(21(18)23)30-17-11-26(12-17)22(28)24-6-5-19-15(10-24)7-16(27)13-29-19/h2-4,14-15,17,19H,5-13H2,1H3/t15-,19+/m1/s1. The van der Waals surface area contributed by atoms with Crippen molar-refractivity contribution in [3.63, 3.8) is 0 Å². The molecule has 4 aliphatic rings. The van der Waals surface area contributed by atoms with Crippen molar-refractivity contribution in [2.75, 3.05) is 50.8 Å². The molecule has 0 saturated carbocycles. The minimum absolute atomic E-state index is 0.0285. The minimum Gasteiger partial charge on any atom is -0.485 e. The zero-order chi connectivity index (χ0) is 20.8. The third-order valence-corrected chi connectivity index (χ3v) is 7.02. The zero-order valence-electron chi connectivity index (χ0n) is 17.3. The fraction of sp³-hybridized carbons (Fsp3) is 0.636. The van der Waals surface area contributed by atoms with E-state index in [2.05, 4.69) is 11.8 Å². The Morgan fingerprint density at radius 2 is 1.97 bits per heavy atom. The number of anilines is 1. The predicted octanol–water partition coefficient (Wildman–Crippen LogP) is 2.66. The molecule has 1 aromatic rings. The first-order valence-corrected chi connectivity index (χ1v) is 11.2. The van der Waals surface area contributed by atoms with Crippen LogP contribution in [0, 0.1) is 11.8 Å². The second kappa shape index (κ2) is 7.93. The average molecular weight is 434 g/mol. The molecule has 0 aliphatic carbocycles. The molecule has 0 bridgehead atoms. The average Bonchev–Trinajstić information content (AvgIpc) is 2.68. The van der Waals surface area contributed by atoms with E-state index >= 15 is 0 Å². The molecular formula is C22H28ClN3O4. The molecule has 162 valence electrons. The van der Waals surface area contributed by atoms with Gasteiger partial charge in [0.05, 0.1) is 24.9 Å². The van der Waals surface area contributed by atoms with Crippen molar-refractivity contribution in [1.82, 2.24) is 9.80 Å². The quantitative estimate of drug-likeness (QED) is 0.733. The molecule has 4 aliphatic heterocycles. The SMILES string of the molecule is CC1CN(c2cccc(OC3CN(C(=O)N4CC[C@@H]5OCC(=O)C[C@@H]5C4)C3)c2Cl)C1. The van der Waals surface area contributed by atoms with Crippen LogP contribution in [0.4, 0.5) is 10.5 Å². The molecule has 0 aromatic heterocycles. The Kier molecular flexibility index (Phi) is 5.27. The summed E-state index contributed by atoms with van der Waals surface area (Å²) in [5, 5.41) is 0.651. The minimum atomic E-state index is -0.0471. The number of ether oxygens (including phenoxy) is 2. The predicted molar refractivity (Wildman–Crippen MR) is 113 cm³/mol. The zero-order valence-corrected chi connectivity index (χ0v) is 18.0. The summed E-state index contributed by atoms with van der Waals surface area (Å²) in [5.41, 5.74) is 1.02. The van der Waals surface area contributed by atoms with Crippen LogP contribution in [0.2, 0.25) is 5.02 Å². The highest BCUT2D eigenvalue weighted by atomic mass is 35.5. The Hall–Kier alpha value is -1.99. The number of ketones is 1. The van der Waals surface area contributed by atoms with Gasteiger partial charge in [0.2, 0.25) is 0 Å². The van der Waals surface area contributed by atoms with Gasteiger partial charge in [0.15, 0.2) is 5.78 Å². The van der Waals surface area contributed by atoms with Crippen LogP contribution in [0.3, 0.4) is 0 Å². The number of fused-ring (bicyclic) bond motifs is 1. The Balaban J connectivity index is 1.14. The number of carbonyl (C=O) groups is 2. The molecular weight excluding hydrogens is 406 g/mol. The second-order valence-electron chi connectivity index (χ2n) is 9.11. The first-order valence-electron chi connectivity index (χ1n) is 10.8. The Bertz CT molecular complexity index is 838. The molecule has 0 radical (unpaired) electrons. The summed E-state index contributed by atoms with van der Waals surface area (Å²) in [7, 11) is 0. The maximum atomic E-state index is 12.9. The summed E-state index contributed by atoms with van der Waals surface area (Å²) < 4.78 is 11.7. The van der Waals surface area contributed by atoms with Crippen molar-refractivity contribution < 1.29 is 19.1 Å². The van der Waals surface area contributed by atoms with Crippen molar-refractivity contribution in [3.05, 3.63) is 23.2 Å². The van der Waals surface area contributed by atoms with Gasteiger partial charge in [-0.05, 0) is 24.5 Å². The van der Waals surface area contributed by atoms with E-state index in [0.29, 0.717) is 49.3 Å². The van der Waals surface area contributed by atoms with Crippen LogP contribution < -0.4 is 9.64 Å². The smallest absolute Gasteiger partial charge is 0.320 e. The third-order valence-electron chi connectivity index (χ3n) is 6.64. The van der Waals surface area contributed by atoms with E-state index in [1.54, 1.807) is 0 Å². The second-order valence-corrected chi connectivity index (χ2v) is 9.49. The van der Waals surface area contributed by atoms with Crippen LogP contribution in [-0.2, 0) is 9.53 Å². The summed E-state index contributed by atoms with van der Waals surface area (Å²) >= 11 is 6.59. The number of nitrogens with zero attached hydrogens (tertiary/aromatic N) is 3. The normalized spacial score (nSPS) is 27.4. The van der Waals surface area contributed by atoms with E-state index in [1.165, 1.54) is 0 Å². The number of urea groups is 1. The van der Waals surface area contributed by atoms with E-state index in [4.69, 9.17) is 21.1 Å². The maximum Gasteiger partial charge on any atom is 0.320 e. The number of piperidine rings is 1. The van der Waals surface area contributed by atoms with Crippen LogP contribution in [0.25, 0.3) is 0 Å². The van der Waals surface area contributed by atoms with Crippen molar-refractivity contribution >= 4 is 29.1 Å². The number of halogens is 1. The van der Waals surface area contributed by atoms with Crippen LogP contribution in [0.1, 0.15) is 19.8 Å². The molecule has 5 rings (SSSR count). The van der Waals surface area contributed by atoms with Gasteiger partial charge < -0.3 is 24.2 Å². The molecule has 4 fully saturated rings. The summed E-state index contributed by atoms with van der Waals surface area (Å²) in [5.74, 6) is 1.64. The molecule has 0 unspecified atom stereocenters. The number of carbonyl (C=O) groups excluding carboxylic acids is 2. The lowest BCUT2D eigenvalue weighted by Gasteiger charge is -2.45. The van der Waals surface area contributed by atoms with E-state index in [1.807, 2.05) is 28.0 Å². The van der Waals surface area contributed by atoms with Gasteiger partial charge in [0, 0.05) is 38.5 Å². The van der Waals surface area contributed by atoms with Gasteiger partial charge in [-0.2, -0.15) is 0 Å². The van der Waals surface area contributed by atoms with Gasteiger partial charge in [-0.1, -0.05) is 24.6 Å². The van der Waals surface area contributed by atoms with Crippen LogP contribution in [0.5, 0.6) is 5.75 Å². The molecule has 0 spiro atoms. The molecule has 0 N–H and O–H groups in total. The van der Waals surface area contributed by atoms with E-state index in [-0.39, 0.29) is 36.5 Å². The lowest BCUT2D eigenvalue weighted by atomic mass is 9.88. The number of rotatable bonds is 3. The van der Waals surface area contributed by atoms with Gasteiger partial charge in [-0.25, -0.2) is 4.79 Å². The molecule has 30 heavy (non-hydrogen) atoms. The topological polar surface area (TPSA) is 62.3 Å². The van der Waals surface area contributed by atoms with Gasteiger partial charge in [0.1, 0.15) is 23.5 Å². The highest BCUT2D eigenvalue weighted by Crippen LogP contribution is 2.38. The van der Waals surface area contributed by atoms with E-state index < -0.39 is 0 Å². The number of hydrogen-bond acceptors (Lipinski definition) is 5. The summed E-state index contributed by atoms with van der Waals surface area (Å²) in [6.45, 7) is 6.87. The first kappa shape index (κ1) is 19.9. The highest BCUT2D eigenvalue weighted by molar-refractivity contribution is 6.34. The number of benzene rings is 1. The molecule has 7 nitrogen and oxygen atoms in total. The Morgan fingerprint density at radius 1 is 1.17 bits per heavy atom. The Labute approximate surface area is 181 Å². The Morgan fingerprint density at radius 3 is 2.73 bits per heavy atom. The van der Waals surface area contributed by atoms with Crippen molar-refractivity contribution in [2.45, 2.75) is 32.0 Å². The monoisotopic (exact) mass is 433 g/mol. The van der Waals surface area contributed by atoms with Crippen molar-refractivity contribution in [2.24, 2.45) is 11.8 Å². The van der Waals surface area contributed by atoms with E-state index in [0.717, 1.165) is 25.2 Å². The molecule has 8 heteroatoms. The van der Waals surface area contributed by atoms with E-state index in [9.17, 15) is 9.59 Å². The molecule has 1 aromatic carbocycles. The van der Waals surface area contributed by atoms with Crippen LogP contribution in [-0.4, -0.2) is 79.7 Å². The number of hydrogen-bond donors (Lipinski definition) is 0. The molecule has 2 atom stereocenters. The van der Waals surface area contributed by atoms with Crippen molar-refractivity contribution in [1.29, 1.82) is 0 Å². The lowest BCUT2D eigenvalue weighted by molar-refractivity contribution is -0.140. The number of likely N-dealkylation sites (tertiary alicyclic amines) is 2. The first-order chi connectivity index (χ1) is 14.5. The fourth-order valence-electron chi connectivity index (χ4n) is 4.93. The van der Waals surface area contributed by atoms with Crippen LogP contribution >= 0.6 is 11.6 Å². The molecule has 2 amide bonds. The van der Waals surface area contributed by atoms with Crippen molar-refractivity contribution in [3.8, 4) is 5.75 Å². The van der Waals surface area contributed by atoms with Gasteiger partial charge in [-0.3, -0.25) is 4.79 Å². The van der Waals surface area contributed by atoms with Gasteiger partial charge in [0.25, 0.3) is 0 Å². The van der Waals surface area contributed by atoms with Gasteiger partial charge >= 0.3 is 6.03 Å². The maximum absolute atomic E-state index is 12.9. The third kappa shape index (κ3) is 3.73. The number of amides is 2. The highest BCUT2D eigenvalue weighted by Gasteiger charge is 2.41.